The molecule has 0 fully saturated rings. The molecule has 0 saturated carbocycles. The van der Waals surface area contributed by atoms with E-state index in [9.17, 15) is 9.59 Å². The number of nitrogens with zero attached hydrogens (tertiary/aromatic N) is 1. The van der Waals surface area contributed by atoms with Gasteiger partial charge in [-0.1, -0.05) is 48.0 Å². The number of benzene rings is 3. The number of ether oxygens (including phenoxy) is 1. The van der Waals surface area contributed by atoms with E-state index in [1.165, 1.54) is 0 Å². The Kier molecular flexibility index (Phi) is 5.22. The summed E-state index contributed by atoms with van der Waals surface area (Å²) >= 11 is 6.04. The van der Waals surface area contributed by atoms with E-state index in [0.717, 1.165) is 10.9 Å². The molecule has 29 heavy (non-hydrogen) atoms. The molecule has 1 amide bonds. The van der Waals surface area contributed by atoms with Gasteiger partial charge in [0.15, 0.2) is 0 Å². The van der Waals surface area contributed by atoms with Gasteiger partial charge in [-0.2, -0.15) is 0 Å². The third-order valence-electron chi connectivity index (χ3n) is 4.25. The summed E-state index contributed by atoms with van der Waals surface area (Å²) in [5.74, 6) is -0.523. The van der Waals surface area contributed by atoms with E-state index in [1.54, 1.807) is 54.6 Å². The van der Waals surface area contributed by atoms with Crippen LogP contribution in [0.1, 0.15) is 20.8 Å². The van der Waals surface area contributed by atoms with Crippen molar-refractivity contribution in [3.05, 3.63) is 101 Å². The Bertz CT molecular complexity index is 1210. The largest absolute Gasteiger partial charge is 0.422 e. The van der Waals surface area contributed by atoms with Gasteiger partial charge in [0.25, 0.3) is 5.91 Å². The first kappa shape index (κ1) is 18.7. The number of carbonyl (C=O) groups is 2. The fraction of sp³-hybridized carbons (Fsp3) is 0. The number of pyridine rings is 1. The van der Waals surface area contributed by atoms with Crippen molar-refractivity contribution in [2.75, 3.05) is 5.32 Å². The summed E-state index contributed by atoms with van der Waals surface area (Å²) in [6.45, 7) is 0. The maximum absolute atomic E-state index is 12.4. The number of rotatable bonds is 4. The average molecular weight is 403 g/mol. The number of fused-ring (bicyclic) bond motifs is 1. The van der Waals surface area contributed by atoms with E-state index < -0.39 is 5.97 Å². The lowest BCUT2D eigenvalue weighted by Crippen LogP contribution is -2.13. The molecule has 0 aliphatic carbocycles. The number of hydrogen-bond donors (Lipinski definition) is 1. The Hall–Kier alpha value is -3.70. The number of nitrogens with one attached hydrogen (secondary N) is 1. The topological polar surface area (TPSA) is 68.3 Å². The Morgan fingerprint density at radius 2 is 1.55 bits per heavy atom. The minimum atomic E-state index is -0.552. The standard InChI is InChI=1S/C23H15ClN2O3/c24-19-7-3-2-6-18(19)22(27)25-16-10-12-17(13-11-16)29-23(28)21-14-9-15-5-1-4-8-20(15)26-21/h1-14H,(H,25,27). The molecule has 6 heteroatoms. The molecular weight excluding hydrogens is 388 g/mol. The Morgan fingerprint density at radius 3 is 2.34 bits per heavy atom. The van der Waals surface area contributed by atoms with Crippen LogP contribution in [-0.2, 0) is 0 Å². The summed E-state index contributed by atoms with van der Waals surface area (Å²) < 4.78 is 5.38. The average Bonchev–Trinajstić information content (AvgIpc) is 2.75. The maximum Gasteiger partial charge on any atom is 0.362 e. The Morgan fingerprint density at radius 1 is 0.828 bits per heavy atom. The summed E-state index contributed by atoms with van der Waals surface area (Å²) in [6.07, 6.45) is 0. The predicted molar refractivity (Wildman–Crippen MR) is 113 cm³/mol. The first-order chi connectivity index (χ1) is 14.1. The molecule has 0 aliphatic heterocycles. The molecule has 142 valence electrons. The molecule has 1 aromatic heterocycles. The predicted octanol–water partition coefficient (Wildman–Crippen LogP) is 5.36. The smallest absolute Gasteiger partial charge is 0.362 e. The maximum atomic E-state index is 12.4. The fourth-order valence-electron chi connectivity index (χ4n) is 2.79. The van der Waals surface area contributed by atoms with Crippen LogP contribution in [0.25, 0.3) is 10.9 Å². The fourth-order valence-corrected chi connectivity index (χ4v) is 3.01. The zero-order valence-corrected chi connectivity index (χ0v) is 15.9. The summed E-state index contributed by atoms with van der Waals surface area (Å²) in [5, 5.41) is 4.08. The first-order valence-corrected chi connectivity index (χ1v) is 9.22. The van der Waals surface area contributed by atoms with Gasteiger partial charge in [0, 0.05) is 11.1 Å². The van der Waals surface area contributed by atoms with Gasteiger partial charge in [-0.15, -0.1) is 0 Å². The molecule has 0 saturated heterocycles. The van der Waals surface area contributed by atoms with Crippen LogP contribution in [0.5, 0.6) is 5.75 Å². The molecule has 4 aromatic rings. The first-order valence-electron chi connectivity index (χ1n) is 8.84. The van der Waals surface area contributed by atoms with Crippen molar-refractivity contribution >= 4 is 40.1 Å². The third-order valence-corrected chi connectivity index (χ3v) is 4.58. The molecule has 4 rings (SSSR count). The van der Waals surface area contributed by atoms with Crippen molar-refractivity contribution in [1.29, 1.82) is 0 Å². The van der Waals surface area contributed by atoms with E-state index in [0.29, 0.717) is 22.0 Å². The summed E-state index contributed by atoms with van der Waals surface area (Å²) in [7, 11) is 0. The summed E-state index contributed by atoms with van der Waals surface area (Å²) in [6, 6.07) is 24.3. The van der Waals surface area contributed by atoms with Crippen LogP contribution in [0.4, 0.5) is 5.69 Å². The zero-order valence-electron chi connectivity index (χ0n) is 15.1. The van der Waals surface area contributed by atoms with Gasteiger partial charge in [0.1, 0.15) is 11.4 Å². The lowest BCUT2D eigenvalue weighted by Gasteiger charge is -2.08. The molecule has 3 aromatic carbocycles. The van der Waals surface area contributed by atoms with Gasteiger partial charge < -0.3 is 10.1 Å². The number of hydrogen-bond acceptors (Lipinski definition) is 4. The summed E-state index contributed by atoms with van der Waals surface area (Å²) in [4.78, 5) is 29.0. The minimum absolute atomic E-state index is 0.222. The highest BCUT2D eigenvalue weighted by molar-refractivity contribution is 6.34. The second-order valence-corrected chi connectivity index (χ2v) is 6.64. The molecule has 0 spiro atoms. The SMILES string of the molecule is O=C(Oc1ccc(NC(=O)c2ccccc2Cl)cc1)c1ccc2ccccc2n1. The van der Waals surface area contributed by atoms with Gasteiger partial charge in [-0.05, 0) is 48.5 Å². The molecule has 1 heterocycles. The monoisotopic (exact) mass is 402 g/mol. The molecular formula is C23H15ClN2O3. The van der Waals surface area contributed by atoms with Crippen LogP contribution in [0, 0.1) is 0 Å². The quantitative estimate of drug-likeness (QED) is 0.368. The second-order valence-electron chi connectivity index (χ2n) is 6.24. The highest BCUT2D eigenvalue weighted by Gasteiger charge is 2.12. The van der Waals surface area contributed by atoms with Crippen LogP contribution in [0.15, 0.2) is 84.9 Å². The van der Waals surface area contributed by atoms with Crippen LogP contribution < -0.4 is 10.1 Å². The molecule has 1 N–H and O–H groups in total. The Labute approximate surface area is 171 Å². The second kappa shape index (κ2) is 8.12. The minimum Gasteiger partial charge on any atom is -0.422 e. The molecule has 0 aliphatic rings. The van der Waals surface area contributed by atoms with Crippen molar-refractivity contribution in [2.45, 2.75) is 0 Å². The van der Waals surface area contributed by atoms with Crippen LogP contribution >= 0.6 is 11.6 Å². The van der Waals surface area contributed by atoms with E-state index in [1.807, 2.05) is 30.3 Å². The number of carbonyl (C=O) groups excluding carboxylic acids is 2. The number of aromatic nitrogens is 1. The highest BCUT2D eigenvalue weighted by atomic mass is 35.5. The summed E-state index contributed by atoms with van der Waals surface area (Å²) in [5.41, 5.74) is 1.88. The van der Waals surface area contributed by atoms with E-state index in [2.05, 4.69) is 10.3 Å². The van der Waals surface area contributed by atoms with Crippen molar-refractivity contribution in [3.63, 3.8) is 0 Å². The molecule has 0 atom stereocenters. The van der Waals surface area contributed by atoms with Crippen LogP contribution in [0.2, 0.25) is 5.02 Å². The third kappa shape index (κ3) is 4.25. The van der Waals surface area contributed by atoms with Gasteiger partial charge in [0.2, 0.25) is 0 Å². The zero-order chi connectivity index (χ0) is 20.2. The van der Waals surface area contributed by atoms with Gasteiger partial charge in [0.05, 0.1) is 16.1 Å². The lowest BCUT2D eigenvalue weighted by atomic mass is 10.2. The van der Waals surface area contributed by atoms with E-state index in [-0.39, 0.29) is 11.6 Å². The number of anilines is 1. The molecule has 0 unspecified atom stereocenters. The van der Waals surface area contributed by atoms with E-state index >= 15 is 0 Å². The van der Waals surface area contributed by atoms with Gasteiger partial charge >= 0.3 is 5.97 Å². The lowest BCUT2D eigenvalue weighted by molar-refractivity contribution is 0.0728. The molecule has 0 bridgehead atoms. The van der Waals surface area contributed by atoms with Crippen LogP contribution in [0.3, 0.4) is 0 Å². The highest BCUT2D eigenvalue weighted by Crippen LogP contribution is 2.20. The van der Waals surface area contributed by atoms with Gasteiger partial charge in [-0.3, -0.25) is 4.79 Å². The molecule has 0 radical (unpaired) electrons. The van der Waals surface area contributed by atoms with E-state index in [4.69, 9.17) is 16.3 Å². The van der Waals surface area contributed by atoms with Crippen molar-refractivity contribution in [2.24, 2.45) is 0 Å². The van der Waals surface area contributed by atoms with Crippen molar-refractivity contribution < 1.29 is 14.3 Å². The van der Waals surface area contributed by atoms with Crippen molar-refractivity contribution in [3.8, 4) is 5.75 Å². The van der Waals surface area contributed by atoms with Crippen LogP contribution in [-0.4, -0.2) is 16.9 Å². The number of amides is 1. The molecule has 5 nitrogen and oxygen atoms in total. The number of halogens is 1. The number of para-hydroxylation sites is 1. The van der Waals surface area contributed by atoms with Crippen molar-refractivity contribution in [1.82, 2.24) is 4.98 Å². The Balaban J connectivity index is 1.44. The van der Waals surface area contributed by atoms with Gasteiger partial charge in [-0.25, -0.2) is 9.78 Å². The number of esters is 1. The normalized spacial score (nSPS) is 10.5.